The van der Waals surface area contributed by atoms with Crippen molar-refractivity contribution in [2.24, 2.45) is 0 Å². The van der Waals surface area contributed by atoms with Crippen molar-refractivity contribution < 1.29 is 23.5 Å². The van der Waals surface area contributed by atoms with E-state index in [1.165, 1.54) is 30.3 Å². The molecule has 0 saturated carbocycles. The number of carbonyl (C=O) groups excluding carboxylic acids is 2. The largest absolute Gasteiger partial charge is 0.454 e. The van der Waals surface area contributed by atoms with Crippen LogP contribution >= 0.6 is 0 Å². The third-order valence-corrected chi connectivity index (χ3v) is 4.76. The van der Waals surface area contributed by atoms with Crippen molar-refractivity contribution in [3.8, 4) is 11.5 Å². The van der Waals surface area contributed by atoms with Gasteiger partial charge in [-0.3, -0.25) is 20.4 Å². The van der Waals surface area contributed by atoms with Crippen LogP contribution in [0.5, 0.6) is 11.5 Å². The molecule has 4 rings (SSSR count). The van der Waals surface area contributed by atoms with Gasteiger partial charge in [-0.05, 0) is 65.7 Å². The Balaban J connectivity index is 1.53. The topological polar surface area (TPSA) is 88.7 Å². The van der Waals surface area contributed by atoms with Gasteiger partial charge in [-0.25, -0.2) is 4.39 Å². The molecule has 3 N–H and O–H groups in total. The molecule has 0 aromatic heterocycles. The molecule has 8 heteroatoms. The SMILES string of the molecule is C=C(NNC(=O)/C(=C/c1ccc2c(c1)OCO2)NC(=O)c1ccccc1)c1ccc(F)cc1. The van der Waals surface area contributed by atoms with E-state index in [1.54, 1.807) is 48.5 Å². The van der Waals surface area contributed by atoms with Crippen molar-refractivity contribution >= 4 is 23.6 Å². The maximum absolute atomic E-state index is 13.1. The lowest BCUT2D eigenvalue weighted by Crippen LogP contribution is -2.41. The summed E-state index contributed by atoms with van der Waals surface area (Å²) in [6.07, 6.45) is 1.51. The van der Waals surface area contributed by atoms with Gasteiger partial charge in [0.05, 0.1) is 5.70 Å². The first kappa shape index (κ1) is 21.6. The van der Waals surface area contributed by atoms with Crippen LogP contribution in [0.3, 0.4) is 0 Å². The maximum Gasteiger partial charge on any atom is 0.286 e. The third-order valence-electron chi connectivity index (χ3n) is 4.76. The number of benzene rings is 3. The van der Waals surface area contributed by atoms with Crippen LogP contribution in [0.15, 0.2) is 85.1 Å². The molecule has 0 radical (unpaired) electrons. The highest BCUT2D eigenvalue weighted by atomic mass is 19.1. The Labute approximate surface area is 189 Å². The smallest absolute Gasteiger partial charge is 0.286 e. The molecule has 0 fully saturated rings. The van der Waals surface area contributed by atoms with Gasteiger partial charge in [0.15, 0.2) is 11.5 Å². The fourth-order valence-electron chi connectivity index (χ4n) is 3.03. The van der Waals surface area contributed by atoms with Crippen molar-refractivity contribution in [3.63, 3.8) is 0 Å². The molecule has 0 bridgehead atoms. The summed E-state index contributed by atoms with van der Waals surface area (Å²) < 4.78 is 23.8. The first-order valence-electron chi connectivity index (χ1n) is 9.98. The van der Waals surface area contributed by atoms with Crippen LogP contribution in [-0.4, -0.2) is 18.6 Å². The Morgan fingerprint density at radius 1 is 0.879 bits per heavy atom. The number of rotatable bonds is 7. The quantitative estimate of drug-likeness (QED) is 0.382. The molecule has 0 atom stereocenters. The van der Waals surface area contributed by atoms with Gasteiger partial charge in [0, 0.05) is 5.56 Å². The van der Waals surface area contributed by atoms with E-state index in [0.717, 1.165) is 0 Å². The van der Waals surface area contributed by atoms with Crippen molar-refractivity contribution in [1.29, 1.82) is 0 Å². The minimum absolute atomic E-state index is 0.0119. The fraction of sp³-hybridized carbons (Fsp3) is 0.0400. The zero-order valence-corrected chi connectivity index (χ0v) is 17.4. The van der Waals surface area contributed by atoms with Crippen molar-refractivity contribution in [3.05, 3.63) is 108 Å². The molecule has 1 heterocycles. The summed E-state index contributed by atoms with van der Waals surface area (Å²) in [6.45, 7) is 3.95. The Kier molecular flexibility index (Phi) is 6.36. The first-order valence-corrected chi connectivity index (χ1v) is 9.98. The molecular formula is C25H20FN3O4. The second-order valence-electron chi connectivity index (χ2n) is 7.06. The van der Waals surface area contributed by atoms with Gasteiger partial charge in [0.25, 0.3) is 11.8 Å². The zero-order valence-electron chi connectivity index (χ0n) is 17.4. The van der Waals surface area contributed by atoms with Crippen LogP contribution in [0.1, 0.15) is 21.5 Å². The van der Waals surface area contributed by atoms with Crippen LogP contribution in [0.2, 0.25) is 0 Å². The summed E-state index contributed by atoms with van der Waals surface area (Å²) in [7, 11) is 0. The number of hydrazine groups is 1. The minimum Gasteiger partial charge on any atom is -0.454 e. The number of hydrogen-bond donors (Lipinski definition) is 3. The zero-order chi connectivity index (χ0) is 23.2. The van der Waals surface area contributed by atoms with Gasteiger partial charge in [0.1, 0.15) is 11.5 Å². The number of halogens is 1. The molecule has 1 aliphatic heterocycles. The summed E-state index contributed by atoms with van der Waals surface area (Å²) in [6, 6.07) is 19.3. The van der Waals surface area contributed by atoms with E-state index in [9.17, 15) is 14.0 Å². The van der Waals surface area contributed by atoms with Crippen molar-refractivity contribution in [1.82, 2.24) is 16.2 Å². The van der Waals surface area contributed by atoms with Crippen LogP contribution in [0.25, 0.3) is 11.8 Å². The maximum atomic E-state index is 13.1. The Bertz CT molecular complexity index is 1220. The Morgan fingerprint density at radius 3 is 2.36 bits per heavy atom. The summed E-state index contributed by atoms with van der Waals surface area (Å²) in [5.74, 6) is -0.298. The van der Waals surface area contributed by atoms with E-state index in [4.69, 9.17) is 9.47 Å². The van der Waals surface area contributed by atoms with Crippen LogP contribution in [0, 0.1) is 5.82 Å². The summed E-state index contributed by atoms with van der Waals surface area (Å²) >= 11 is 0. The van der Waals surface area contributed by atoms with Crippen LogP contribution < -0.4 is 25.6 Å². The average Bonchev–Trinajstić information content (AvgIpc) is 3.31. The molecule has 1 aliphatic rings. The number of nitrogens with one attached hydrogen (secondary N) is 3. The summed E-state index contributed by atoms with van der Waals surface area (Å²) in [5, 5.41) is 2.64. The van der Waals surface area contributed by atoms with Gasteiger partial charge >= 0.3 is 0 Å². The molecule has 3 aromatic rings. The lowest BCUT2D eigenvalue weighted by molar-refractivity contribution is -0.118. The Morgan fingerprint density at radius 2 is 1.61 bits per heavy atom. The number of ether oxygens (including phenoxy) is 2. The van der Waals surface area contributed by atoms with E-state index < -0.39 is 11.8 Å². The summed E-state index contributed by atoms with van der Waals surface area (Å²) in [4.78, 5) is 25.6. The normalized spacial score (nSPS) is 12.1. The van der Waals surface area contributed by atoms with E-state index in [-0.39, 0.29) is 18.3 Å². The Hall–Kier alpha value is -4.59. The number of hydrogen-bond acceptors (Lipinski definition) is 5. The van der Waals surface area contributed by atoms with E-state index >= 15 is 0 Å². The lowest BCUT2D eigenvalue weighted by atomic mass is 10.1. The molecule has 33 heavy (non-hydrogen) atoms. The minimum atomic E-state index is -0.611. The molecular weight excluding hydrogens is 425 g/mol. The highest BCUT2D eigenvalue weighted by Gasteiger charge is 2.17. The third kappa shape index (κ3) is 5.37. The van der Waals surface area contributed by atoms with Gasteiger partial charge in [-0.2, -0.15) is 0 Å². The molecule has 0 aliphatic carbocycles. The molecule has 0 saturated heterocycles. The number of carbonyl (C=O) groups is 2. The molecule has 166 valence electrons. The number of amides is 2. The molecule has 3 aromatic carbocycles. The molecule has 0 spiro atoms. The van der Waals surface area contributed by atoms with Crippen molar-refractivity contribution in [2.45, 2.75) is 0 Å². The van der Waals surface area contributed by atoms with Crippen molar-refractivity contribution in [2.75, 3.05) is 6.79 Å². The standard InChI is InChI=1S/C25H20FN3O4/c1-16(18-8-10-20(26)11-9-18)28-29-25(31)21(27-24(30)19-5-3-2-4-6-19)13-17-7-12-22-23(14-17)33-15-32-22/h2-14,28H,1,15H2,(H,27,30)(H,29,31)/b21-13-. The molecule has 0 unspecified atom stereocenters. The summed E-state index contributed by atoms with van der Waals surface area (Å²) in [5.41, 5.74) is 7.13. The number of fused-ring (bicyclic) bond motifs is 1. The molecule has 7 nitrogen and oxygen atoms in total. The van der Waals surface area contributed by atoms with E-state index in [0.29, 0.717) is 33.9 Å². The fourth-order valence-corrected chi connectivity index (χ4v) is 3.03. The predicted molar refractivity (Wildman–Crippen MR) is 121 cm³/mol. The van der Waals surface area contributed by atoms with Gasteiger partial charge in [-0.15, -0.1) is 0 Å². The molecule has 2 amide bonds. The second-order valence-corrected chi connectivity index (χ2v) is 7.06. The highest BCUT2D eigenvalue weighted by molar-refractivity contribution is 6.05. The average molecular weight is 445 g/mol. The van der Waals surface area contributed by atoms with E-state index in [1.807, 2.05) is 0 Å². The van der Waals surface area contributed by atoms with Crippen LogP contribution in [-0.2, 0) is 4.79 Å². The van der Waals surface area contributed by atoms with Gasteiger partial charge in [-0.1, -0.05) is 30.8 Å². The first-order chi connectivity index (χ1) is 16.0. The van der Waals surface area contributed by atoms with E-state index in [2.05, 4.69) is 22.7 Å². The van der Waals surface area contributed by atoms with Gasteiger partial charge in [0.2, 0.25) is 6.79 Å². The van der Waals surface area contributed by atoms with Crippen LogP contribution in [0.4, 0.5) is 4.39 Å². The van der Waals surface area contributed by atoms with Gasteiger partial charge < -0.3 is 14.8 Å². The second kappa shape index (κ2) is 9.69. The monoisotopic (exact) mass is 445 g/mol. The highest BCUT2D eigenvalue weighted by Crippen LogP contribution is 2.33. The lowest BCUT2D eigenvalue weighted by Gasteiger charge is -2.14. The predicted octanol–water partition coefficient (Wildman–Crippen LogP) is 3.62.